The fraction of sp³-hybridized carbons (Fsp3) is 0.583. The number of aliphatic imine (C=N–C) groups is 1. The number of rotatable bonds is 4. The van der Waals surface area contributed by atoms with Crippen molar-refractivity contribution in [2.24, 2.45) is 10.9 Å². The first-order chi connectivity index (χ1) is 9.40. The molecular weight excluding hydrogens is 262 g/mol. The maximum atomic E-state index is 11.7. The Bertz CT molecular complexity index is 557. The Morgan fingerprint density at radius 1 is 1.60 bits per heavy atom. The fourth-order valence-electron chi connectivity index (χ4n) is 2.23. The second-order valence-corrected chi connectivity index (χ2v) is 5.19. The van der Waals surface area contributed by atoms with Gasteiger partial charge in [-0.1, -0.05) is 0 Å². The van der Waals surface area contributed by atoms with E-state index in [0.29, 0.717) is 18.5 Å². The Labute approximate surface area is 116 Å². The van der Waals surface area contributed by atoms with Crippen LogP contribution >= 0.6 is 0 Å². The van der Waals surface area contributed by atoms with Crippen molar-refractivity contribution in [3.8, 4) is 0 Å². The van der Waals surface area contributed by atoms with Gasteiger partial charge >= 0.3 is 5.69 Å². The van der Waals surface area contributed by atoms with Crippen molar-refractivity contribution in [1.82, 2.24) is 14.7 Å². The Kier molecular flexibility index (Phi) is 3.82. The summed E-state index contributed by atoms with van der Waals surface area (Å²) in [4.78, 5) is 27.6. The molecule has 0 aromatic carbocycles. The molecule has 2 rings (SSSR count). The van der Waals surface area contributed by atoms with E-state index in [2.05, 4.69) is 10.1 Å². The molecule has 1 heterocycles. The van der Waals surface area contributed by atoms with Gasteiger partial charge in [0.1, 0.15) is 11.9 Å². The third-order valence-electron chi connectivity index (χ3n) is 3.44. The molecule has 0 bridgehead atoms. The van der Waals surface area contributed by atoms with Crippen LogP contribution in [0.1, 0.15) is 24.6 Å². The zero-order valence-corrected chi connectivity index (χ0v) is 11.7. The third-order valence-corrected chi connectivity index (χ3v) is 3.44. The van der Waals surface area contributed by atoms with Crippen molar-refractivity contribution < 1.29 is 9.72 Å². The highest BCUT2D eigenvalue weighted by Crippen LogP contribution is 2.39. The summed E-state index contributed by atoms with van der Waals surface area (Å²) < 4.78 is 1.64. The monoisotopic (exact) mass is 279 g/mol. The smallest absolute Gasteiger partial charge is 0.309 e. The Hall–Kier alpha value is -2.25. The van der Waals surface area contributed by atoms with E-state index in [0.717, 1.165) is 0 Å². The molecule has 1 aromatic heterocycles. The van der Waals surface area contributed by atoms with E-state index < -0.39 is 4.92 Å². The maximum absolute atomic E-state index is 11.7. The number of nitrogens with zero attached hydrogens (tertiary/aromatic N) is 5. The van der Waals surface area contributed by atoms with Gasteiger partial charge < -0.3 is 4.90 Å². The normalized spacial score (nSPS) is 21.8. The molecule has 8 heteroatoms. The molecule has 0 aliphatic heterocycles. The number of carbonyl (C=O) groups excluding carboxylic acids is 1. The van der Waals surface area contributed by atoms with Crippen molar-refractivity contribution in [2.45, 2.75) is 25.8 Å². The van der Waals surface area contributed by atoms with E-state index >= 15 is 0 Å². The number of nitro groups is 1. The number of hydrogen-bond donors (Lipinski definition) is 0. The third kappa shape index (κ3) is 2.68. The molecule has 1 aliphatic carbocycles. The highest BCUT2D eigenvalue weighted by atomic mass is 16.6. The Morgan fingerprint density at radius 3 is 2.75 bits per heavy atom. The Morgan fingerprint density at radius 2 is 2.25 bits per heavy atom. The molecule has 8 nitrogen and oxygen atoms in total. The number of aromatic nitrogens is 2. The van der Waals surface area contributed by atoms with E-state index in [-0.39, 0.29) is 23.6 Å². The lowest BCUT2D eigenvalue weighted by Gasteiger charge is -2.33. The molecule has 0 saturated heterocycles. The van der Waals surface area contributed by atoms with Crippen molar-refractivity contribution in [2.75, 3.05) is 14.1 Å². The molecule has 20 heavy (non-hydrogen) atoms. The molecule has 0 atom stereocenters. The van der Waals surface area contributed by atoms with E-state index in [1.54, 1.807) is 30.6 Å². The van der Waals surface area contributed by atoms with Gasteiger partial charge in [0.2, 0.25) is 5.91 Å². The zero-order valence-electron chi connectivity index (χ0n) is 11.7. The van der Waals surface area contributed by atoms with E-state index in [1.165, 1.54) is 12.5 Å². The molecule has 0 spiro atoms. The van der Waals surface area contributed by atoms with Crippen molar-refractivity contribution >= 4 is 17.9 Å². The van der Waals surface area contributed by atoms with Gasteiger partial charge in [-0.05, 0) is 19.8 Å². The Balaban J connectivity index is 1.97. The average molecular weight is 279 g/mol. The predicted octanol–water partition coefficient (Wildman–Crippen LogP) is 1.17. The van der Waals surface area contributed by atoms with Crippen molar-refractivity contribution in [3.05, 3.63) is 22.0 Å². The second-order valence-electron chi connectivity index (χ2n) is 5.19. The van der Waals surface area contributed by atoms with Gasteiger partial charge in [-0.15, -0.1) is 0 Å². The van der Waals surface area contributed by atoms with Gasteiger partial charge in [-0.3, -0.25) is 19.6 Å². The highest BCUT2D eigenvalue weighted by Gasteiger charge is 2.37. The van der Waals surface area contributed by atoms with Crippen LogP contribution in [-0.4, -0.2) is 45.9 Å². The van der Waals surface area contributed by atoms with Crippen LogP contribution in [0.3, 0.4) is 0 Å². The molecule has 0 unspecified atom stereocenters. The topological polar surface area (TPSA) is 93.6 Å². The van der Waals surface area contributed by atoms with Crippen molar-refractivity contribution in [3.63, 3.8) is 0 Å². The van der Waals surface area contributed by atoms with Gasteiger partial charge in [0.25, 0.3) is 0 Å². The number of carbonyl (C=O) groups is 1. The summed E-state index contributed by atoms with van der Waals surface area (Å²) in [7, 11) is 3.60. The summed E-state index contributed by atoms with van der Waals surface area (Å²) in [6.07, 6.45) is 4.00. The largest absolute Gasteiger partial charge is 0.369 e. The minimum atomic E-state index is -0.443. The quantitative estimate of drug-likeness (QED) is 0.357. The molecule has 0 radical (unpaired) electrons. The number of amides is 1. The highest BCUT2D eigenvalue weighted by molar-refractivity contribution is 5.86. The van der Waals surface area contributed by atoms with Crippen LogP contribution in [0, 0.1) is 23.0 Å². The van der Waals surface area contributed by atoms with E-state index in [1.807, 2.05) is 0 Å². The van der Waals surface area contributed by atoms with Gasteiger partial charge in [-0.2, -0.15) is 5.10 Å². The van der Waals surface area contributed by atoms with E-state index in [4.69, 9.17) is 0 Å². The summed E-state index contributed by atoms with van der Waals surface area (Å²) >= 11 is 0. The summed E-state index contributed by atoms with van der Waals surface area (Å²) in [6.45, 7) is 1.67. The van der Waals surface area contributed by atoms with Crippen LogP contribution in [-0.2, 0) is 4.79 Å². The molecule has 1 amide bonds. The minimum Gasteiger partial charge on any atom is -0.369 e. The van der Waals surface area contributed by atoms with Crippen LogP contribution in [0.15, 0.2) is 11.2 Å². The molecule has 0 N–H and O–H groups in total. The zero-order chi connectivity index (χ0) is 14.9. The first-order valence-corrected chi connectivity index (χ1v) is 6.33. The van der Waals surface area contributed by atoms with Gasteiger partial charge in [0.15, 0.2) is 0 Å². The molecule has 1 saturated carbocycles. The minimum absolute atomic E-state index is 0.0189. The molecule has 1 aliphatic rings. The molecule has 1 aromatic rings. The summed E-state index contributed by atoms with van der Waals surface area (Å²) in [5.74, 6) is -0.256. The lowest BCUT2D eigenvalue weighted by Crippen LogP contribution is -2.33. The fourth-order valence-corrected chi connectivity index (χ4v) is 2.23. The molecular formula is C12H17N5O3. The first kappa shape index (κ1) is 14.2. The predicted molar refractivity (Wildman–Crippen MR) is 72.6 cm³/mol. The van der Waals surface area contributed by atoms with Gasteiger partial charge in [0, 0.05) is 20.0 Å². The average Bonchev–Trinajstić information content (AvgIpc) is 2.67. The van der Waals surface area contributed by atoms with Crippen LogP contribution in [0.5, 0.6) is 0 Å². The van der Waals surface area contributed by atoms with Crippen molar-refractivity contribution in [1.29, 1.82) is 0 Å². The van der Waals surface area contributed by atoms with Crippen LogP contribution in [0.4, 0.5) is 5.69 Å². The summed E-state index contributed by atoms with van der Waals surface area (Å²) in [6, 6.07) is 0.0483. The van der Waals surface area contributed by atoms with Gasteiger partial charge in [-0.25, -0.2) is 4.99 Å². The lowest BCUT2D eigenvalue weighted by molar-refractivity contribution is -0.385. The number of hydrogen-bond acceptors (Lipinski definition) is 4. The first-order valence-electron chi connectivity index (χ1n) is 6.33. The molecule has 108 valence electrons. The SMILES string of the molecule is Cc1c([N+](=O)[O-])cnn1C1CC(C(=O)/N=C/N(C)C)C1. The summed E-state index contributed by atoms with van der Waals surface area (Å²) in [5, 5.41) is 14.8. The standard InChI is InChI=1S/C12H17N5O3/c1-8-11(17(19)20)6-14-16(8)10-4-9(5-10)12(18)13-7-15(2)3/h6-7,9-10H,4-5H2,1-3H3/b13-7+. The maximum Gasteiger partial charge on any atom is 0.309 e. The van der Waals surface area contributed by atoms with Crippen LogP contribution in [0.25, 0.3) is 0 Å². The molecule has 1 fully saturated rings. The van der Waals surface area contributed by atoms with Gasteiger partial charge in [0.05, 0.1) is 17.3 Å². The second kappa shape index (κ2) is 5.40. The lowest BCUT2D eigenvalue weighted by atomic mass is 9.79. The summed E-state index contributed by atoms with van der Waals surface area (Å²) in [5.41, 5.74) is 0.549. The van der Waals surface area contributed by atoms with Crippen LogP contribution in [0.2, 0.25) is 0 Å². The van der Waals surface area contributed by atoms with Crippen LogP contribution < -0.4 is 0 Å². The van der Waals surface area contributed by atoms with E-state index in [9.17, 15) is 14.9 Å².